The average molecular weight is 669 g/mol. The van der Waals surface area contributed by atoms with Crippen LogP contribution in [0.2, 0.25) is 0 Å². The van der Waals surface area contributed by atoms with Crippen LogP contribution in [0.4, 0.5) is 0 Å². The third-order valence-corrected chi connectivity index (χ3v) is 12.4. The van der Waals surface area contributed by atoms with Gasteiger partial charge in [-0.3, -0.25) is 0 Å². The van der Waals surface area contributed by atoms with Gasteiger partial charge in [0.2, 0.25) is 0 Å². The maximum atomic E-state index is 2.43. The molecular weight excluding hydrogens is 597 g/mol. The van der Waals surface area contributed by atoms with E-state index in [1.165, 1.54) is 199 Å². The molecule has 2 aromatic rings. The molecule has 3 heterocycles. The summed E-state index contributed by atoms with van der Waals surface area (Å²) in [6.07, 6.45) is 49.3. The first-order valence-corrected chi connectivity index (χ1v) is 21.9. The summed E-state index contributed by atoms with van der Waals surface area (Å²) in [5.74, 6) is 0. The largest absolute Gasteiger partial charge is 0.204 e. The molecule has 46 heavy (non-hydrogen) atoms. The van der Waals surface area contributed by atoms with Crippen LogP contribution >= 0.6 is 23.5 Å². The molecule has 2 aromatic heterocycles. The lowest BCUT2D eigenvalue weighted by atomic mass is 10.0. The van der Waals surface area contributed by atoms with Crippen LogP contribution in [0.5, 0.6) is 0 Å². The molecule has 0 saturated heterocycles. The van der Waals surface area contributed by atoms with E-state index in [1.54, 1.807) is 0 Å². The second-order valence-electron chi connectivity index (χ2n) is 14.2. The van der Waals surface area contributed by atoms with Crippen molar-refractivity contribution in [1.82, 2.24) is 0 Å². The molecule has 0 radical (unpaired) electrons. The Hall–Kier alpha value is -1.00. The summed E-state index contributed by atoms with van der Waals surface area (Å²) in [6.45, 7) is 6.91. The van der Waals surface area contributed by atoms with Crippen LogP contribution in [-0.4, -0.2) is 0 Å². The zero-order valence-electron chi connectivity index (χ0n) is 30.4. The number of nitrogens with zero attached hydrogens (tertiary/aromatic N) is 2. The lowest BCUT2D eigenvalue weighted by Crippen LogP contribution is -2.34. The van der Waals surface area contributed by atoms with Crippen LogP contribution in [-0.2, 0) is 13.1 Å². The topological polar surface area (TPSA) is 7.76 Å². The smallest absolute Gasteiger partial charge is 0.183 e. The zero-order chi connectivity index (χ0) is 32.3. The number of hydrogen-bond donors (Lipinski definition) is 0. The van der Waals surface area contributed by atoms with Gasteiger partial charge in [-0.15, -0.1) is 0 Å². The minimum absolute atomic E-state index is 1.15. The third kappa shape index (κ3) is 18.0. The molecule has 0 fully saturated rings. The van der Waals surface area contributed by atoms with E-state index in [1.807, 2.05) is 23.5 Å². The summed E-state index contributed by atoms with van der Waals surface area (Å²) in [6, 6.07) is 4.70. The fourth-order valence-electron chi connectivity index (χ4n) is 6.82. The molecule has 0 saturated carbocycles. The highest BCUT2D eigenvalue weighted by Crippen LogP contribution is 2.47. The van der Waals surface area contributed by atoms with Crippen LogP contribution in [0.25, 0.3) is 0 Å². The van der Waals surface area contributed by atoms with Crippen LogP contribution in [0.1, 0.15) is 194 Å². The quantitative estimate of drug-likeness (QED) is 0.0516. The molecule has 0 atom stereocenters. The van der Waals surface area contributed by atoms with Crippen LogP contribution in [0.15, 0.2) is 56.5 Å². The monoisotopic (exact) mass is 669 g/mol. The van der Waals surface area contributed by atoms with Gasteiger partial charge in [0.05, 0.1) is 9.79 Å². The van der Waals surface area contributed by atoms with E-state index < -0.39 is 0 Å². The minimum atomic E-state index is 1.15. The number of fused-ring (bicyclic) bond motifs is 2. The normalized spacial score (nSPS) is 12.4. The highest BCUT2D eigenvalue weighted by Gasteiger charge is 2.22. The molecule has 0 spiro atoms. The molecule has 2 nitrogen and oxygen atoms in total. The van der Waals surface area contributed by atoms with Crippen LogP contribution < -0.4 is 9.13 Å². The van der Waals surface area contributed by atoms with Crippen LogP contribution in [0.3, 0.4) is 0 Å². The lowest BCUT2D eigenvalue weighted by Gasteiger charge is -2.15. The van der Waals surface area contributed by atoms with E-state index in [9.17, 15) is 0 Å². The van der Waals surface area contributed by atoms with Crippen molar-refractivity contribution in [2.75, 3.05) is 0 Å². The van der Waals surface area contributed by atoms with Gasteiger partial charge in [-0.2, -0.15) is 0 Å². The standard InChI is InChI=1S/C42H72N2S2/c1-3-5-7-9-11-13-15-17-19-21-23-25-27-29-33-43-35-31-39-41(37-43)45-40-32-36-44(38-42(40)46-39)34-30-28-26-24-22-20-18-16-14-12-10-8-6-4-2/h31-32,35-38H,3-30,33-34H2,1-2H3/q+2. The molecule has 0 aliphatic carbocycles. The van der Waals surface area contributed by atoms with Gasteiger partial charge in [-0.05, 0) is 12.8 Å². The van der Waals surface area contributed by atoms with E-state index in [2.05, 4.69) is 59.9 Å². The Morgan fingerprint density at radius 1 is 0.348 bits per heavy atom. The number of aromatic nitrogens is 2. The molecule has 1 aliphatic rings. The Labute approximate surface area is 294 Å². The molecule has 0 unspecified atom stereocenters. The van der Waals surface area contributed by atoms with Crippen molar-refractivity contribution in [2.24, 2.45) is 0 Å². The first-order valence-electron chi connectivity index (χ1n) is 20.2. The van der Waals surface area contributed by atoms with Gasteiger partial charge in [0.1, 0.15) is 13.1 Å². The number of unbranched alkanes of at least 4 members (excludes halogenated alkanes) is 26. The summed E-state index contributed by atoms with van der Waals surface area (Å²) in [5, 5.41) is 0. The van der Waals surface area contributed by atoms with Gasteiger partial charge in [0, 0.05) is 34.8 Å². The van der Waals surface area contributed by atoms with E-state index in [-0.39, 0.29) is 0 Å². The van der Waals surface area contributed by atoms with Crippen molar-refractivity contribution in [3.05, 3.63) is 36.9 Å². The molecule has 0 aromatic carbocycles. The predicted octanol–water partition coefficient (Wildman–Crippen LogP) is 13.8. The fraction of sp³-hybridized carbons (Fsp3) is 0.762. The first-order chi connectivity index (χ1) is 22.8. The first kappa shape index (κ1) is 39.4. The zero-order valence-corrected chi connectivity index (χ0v) is 32.0. The number of hydrogen-bond acceptors (Lipinski definition) is 2. The maximum absolute atomic E-state index is 2.43. The van der Waals surface area contributed by atoms with Crippen molar-refractivity contribution < 1.29 is 9.13 Å². The second kappa shape index (κ2) is 26.9. The SMILES string of the molecule is CCCCCCCCCCCCCCCC[n+]1ccc2c(c1)Sc1cc[n+](CCCCCCCCCCCCCCCC)cc1S2. The van der Waals surface area contributed by atoms with E-state index in [0.717, 1.165) is 13.1 Å². The molecular formula is C42H72N2S2+2. The van der Waals surface area contributed by atoms with E-state index in [0.29, 0.717) is 0 Å². The van der Waals surface area contributed by atoms with Gasteiger partial charge in [-0.1, -0.05) is 191 Å². The summed E-state index contributed by atoms with van der Waals surface area (Å²) in [7, 11) is 0. The number of pyridine rings is 2. The Kier molecular flexibility index (Phi) is 23.1. The second-order valence-corrected chi connectivity index (χ2v) is 16.4. The third-order valence-electron chi connectivity index (χ3n) is 9.87. The van der Waals surface area contributed by atoms with Crippen LogP contribution in [0, 0.1) is 0 Å². The maximum Gasteiger partial charge on any atom is 0.183 e. The predicted molar refractivity (Wildman–Crippen MR) is 202 cm³/mol. The van der Waals surface area contributed by atoms with Gasteiger partial charge < -0.3 is 0 Å². The molecule has 1 aliphatic heterocycles. The lowest BCUT2D eigenvalue weighted by molar-refractivity contribution is -0.700. The van der Waals surface area contributed by atoms with Gasteiger partial charge >= 0.3 is 0 Å². The van der Waals surface area contributed by atoms with E-state index >= 15 is 0 Å². The van der Waals surface area contributed by atoms with Gasteiger partial charge in [-0.25, -0.2) is 9.13 Å². The van der Waals surface area contributed by atoms with Gasteiger partial charge in [0.15, 0.2) is 24.8 Å². The van der Waals surface area contributed by atoms with Crippen molar-refractivity contribution >= 4 is 23.5 Å². The average Bonchev–Trinajstić information content (AvgIpc) is 3.07. The Bertz CT molecular complexity index is 941. The molecule has 0 amide bonds. The number of aryl methyl sites for hydroxylation is 2. The highest BCUT2D eigenvalue weighted by atomic mass is 32.2. The van der Waals surface area contributed by atoms with Crippen molar-refractivity contribution in [3.63, 3.8) is 0 Å². The molecule has 0 N–H and O–H groups in total. The molecule has 260 valence electrons. The molecule has 3 rings (SSSR count). The van der Waals surface area contributed by atoms with Crippen molar-refractivity contribution in [1.29, 1.82) is 0 Å². The summed E-state index contributed by atoms with van der Waals surface area (Å²) in [5.41, 5.74) is 0. The number of rotatable bonds is 30. The summed E-state index contributed by atoms with van der Waals surface area (Å²) in [4.78, 5) is 5.69. The minimum Gasteiger partial charge on any atom is -0.204 e. The fourth-order valence-corrected chi connectivity index (χ4v) is 9.07. The highest BCUT2D eigenvalue weighted by molar-refractivity contribution is 8.05. The Morgan fingerprint density at radius 2 is 0.609 bits per heavy atom. The van der Waals surface area contributed by atoms with Crippen molar-refractivity contribution in [3.8, 4) is 0 Å². The van der Waals surface area contributed by atoms with Gasteiger partial charge in [0.25, 0.3) is 0 Å². The molecule has 0 bridgehead atoms. The van der Waals surface area contributed by atoms with Crippen molar-refractivity contribution in [2.45, 2.75) is 226 Å². The summed E-state index contributed by atoms with van der Waals surface area (Å²) >= 11 is 3.92. The Morgan fingerprint density at radius 3 is 0.891 bits per heavy atom. The Balaban J connectivity index is 1.19. The van der Waals surface area contributed by atoms with E-state index in [4.69, 9.17) is 0 Å². The summed E-state index contributed by atoms with van der Waals surface area (Å²) < 4.78 is 4.85. The molecule has 4 heteroatoms.